The second kappa shape index (κ2) is 13.1. The Morgan fingerprint density at radius 3 is 2.33 bits per heavy atom. The third kappa shape index (κ3) is 7.41. The molecule has 9 heteroatoms. The summed E-state index contributed by atoms with van der Waals surface area (Å²) in [5.41, 5.74) is 6.20. The Kier molecular flexibility index (Phi) is 9.09. The third-order valence-corrected chi connectivity index (χ3v) is 9.04. The Morgan fingerprint density at radius 2 is 1.60 bits per heavy atom. The van der Waals surface area contributed by atoms with E-state index in [1.54, 1.807) is 24.3 Å². The van der Waals surface area contributed by atoms with Crippen LogP contribution in [-0.4, -0.2) is 27.1 Å². The second-order valence-electron chi connectivity index (χ2n) is 10.1. The molecule has 0 unspecified atom stereocenters. The van der Waals surface area contributed by atoms with Gasteiger partial charge in [0.25, 0.3) is 15.9 Å². The predicted molar refractivity (Wildman–Crippen MR) is 172 cm³/mol. The van der Waals surface area contributed by atoms with Gasteiger partial charge in [0.15, 0.2) is 0 Å². The molecule has 0 aliphatic rings. The van der Waals surface area contributed by atoms with Crippen molar-refractivity contribution in [3.8, 4) is 5.75 Å². The van der Waals surface area contributed by atoms with Crippen molar-refractivity contribution in [1.82, 2.24) is 5.43 Å². The molecule has 5 aromatic carbocycles. The quantitative estimate of drug-likeness (QED) is 0.136. The van der Waals surface area contributed by atoms with Crippen LogP contribution in [0.3, 0.4) is 0 Å². The van der Waals surface area contributed by atoms with Crippen LogP contribution in [0, 0.1) is 13.8 Å². The number of anilines is 1. The largest absolute Gasteiger partial charge is 0.489 e. The van der Waals surface area contributed by atoms with Crippen LogP contribution >= 0.6 is 11.6 Å². The van der Waals surface area contributed by atoms with Crippen molar-refractivity contribution in [2.24, 2.45) is 5.10 Å². The van der Waals surface area contributed by atoms with E-state index < -0.39 is 22.5 Å². The number of halogens is 1. The maximum atomic E-state index is 13.6. The number of hydrazone groups is 1. The van der Waals surface area contributed by atoms with E-state index >= 15 is 0 Å². The highest BCUT2D eigenvalue weighted by atomic mass is 35.5. The first-order valence-electron chi connectivity index (χ1n) is 13.6. The van der Waals surface area contributed by atoms with Crippen molar-refractivity contribution in [3.05, 3.63) is 136 Å². The molecular weight excluding hydrogens is 582 g/mol. The van der Waals surface area contributed by atoms with Crippen LogP contribution in [0.2, 0.25) is 5.02 Å². The molecule has 5 rings (SSSR count). The van der Waals surface area contributed by atoms with E-state index in [1.807, 2.05) is 56.3 Å². The molecule has 0 saturated heterocycles. The Morgan fingerprint density at radius 1 is 0.884 bits per heavy atom. The van der Waals surface area contributed by atoms with Gasteiger partial charge in [-0.2, -0.15) is 5.10 Å². The number of amides is 1. The summed E-state index contributed by atoms with van der Waals surface area (Å²) in [5.74, 6) is 0.0852. The summed E-state index contributed by atoms with van der Waals surface area (Å²) in [6, 6.07) is 33.0. The molecule has 0 aliphatic carbocycles. The SMILES string of the molecule is Cc1ccc(S(=O)(=O)N(CC(=O)N/N=C\c2ccc(OCc3ccc4ccccc4c3)cc2)c2ccc(C)c(Cl)c2)cc1. The number of nitrogens with one attached hydrogen (secondary N) is 1. The van der Waals surface area contributed by atoms with Crippen LogP contribution in [0.25, 0.3) is 10.8 Å². The molecule has 0 aromatic heterocycles. The standard InChI is InChI=1S/C34H30ClN3O4S/c1-24-7-17-32(18-8-24)43(40,41)38(30-14-9-25(2)33(35)20-30)22-34(39)37-36-21-26-11-15-31(16-12-26)42-23-27-10-13-28-5-3-4-6-29(28)19-27/h3-21H,22-23H2,1-2H3,(H,37,39)/b36-21-. The fourth-order valence-electron chi connectivity index (χ4n) is 4.38. The lowest BCUT2D eigenvalue weighted by Crippen LogP contribution is -2.39. The first kappa shape index (κ1) is 29.8. The topological polar surface area (TPSA) is 88.1 Å². The lowest BCUT2D eigenvalue weighted by atomic mass is 10.1. The smallest absolute Gasteiger partial charge is 0.264 e. The van der Waals surface area contributed by atoms with Gasteiger partial charge >= 0.3 is 0 Å². The molecule has 5 aromatic rings. The Hall–Kier alpha value is -4.66. The number of ether oxygens (including phenoxy) is 1. The molecule has 0 bridgehead atoms. The van der Waals surface area contributed by atoms with Gasteiger partial charge in [-0.3, -0.25) is 9.10 Å². The van der Waals surface area contributed by atoms with Gasteiger partial charge in [-0.05, 0) is 95.9 Å². The Bertz CT molecular complexity index is 1890. The van der Waals surface area contributed by atoms with Crippen LogP contribution in [0.1, 0.15) is 22.3 Å². The van der Waals surface area contributed by atoms with Gasteiger partial charge in [-0.25, -0.2) is 13.8 Å². The zero-order chi connectivity index (χ0) is 30.4. The average Bonchev–Trinajstić information content (AvgIpc) is 3.01. The minimum Gasteiger partial charge on any atom is -0.489 e. The van der Waals surface area contributed by atoms with E-state index in [2.05, 4.69) is 34.8 Å². The fraction of sp³-hybridized carbons (Fsp3) is 0.118. The Labute approximate surface area is 256 Å². The van der Waals surface area contributed by atoms with Crippen LogP contribution in [0.5, 0.6) is 5.75 Å². The molecule has 0 aliphatic heterocycles. The third-order valence-electron chi connectivity index (χ3n) is 6.84. The molecule has 218 valence electrons. The normalized spacial score (nSPS) is 11.5. The maximum absolute atomic E-state index is 13.6. The number of benzene rings is 5. The number of nitrogens with zero attached hydrogens (tertiary/aromatic N) is 2. The zero-order valence-corrected chi connectivity index (χ0v) is 25.3. The van der Waals surface area contributed by atoms with Crippen molar-refractivity contribution in [1.29, 1.82) is 0 Å². The van der Waals surface area contributed by atoms with Gasteiger partial charge in [0.05, 0.1) is 16.8 Å². The van der Waals surface area contributed by atoms with Crippen LogP contribution in [0.4, 0.5) is 5.69 Å². The summed E-state index contributed by atoms with van der Waals surface area (Å²) in [6.07, 6.45) is 1.48. The number of fused-ring (bicyclic) bond motifs is 1. The first-order valence-corrected chi connectivity index (χ1v) is 15.4. The van der Waals surface area contributed by atoms with Gasteiger partial charge in [0.2, 0.25) is 0 Å². The van der Waals surface area contributed by atoms with Gasteiger partial charge in [0, 0.05) is 5.02 Å². The number of rotatable bonds is 10. The van der Waals surface area contributed by atoms with Gasteiger partial charge in [0.1, 0.15) is 18.9 Å². The maximum Gasteiger partial charge on any atom is 0.264 e. The highest BCUT2D eigenvalue weighted by Crippen LogP contribution is 2.28. The van der Waals surface area contributed by atoms with E-state index in [-0.39, 0.29) is 10.6 Å². The molecule has 0 heterocycles. The molecule has 7 nitrogen and oxygen atoms in total. The van der Waals surface area contributed by atoms with Crippen molar-refractivity contribution in [2.75, 3.05) is 10.8 Å². The fourth-order valence-corrected chi connectivity index (χ4v) is 5.97. The van der Waals surface area contributed by atoms with E-state index in [0.717, 1.165) is 31.9 Å². The van der Waals surface area contributed by atoms with Gasteiger partial charge in [-0.15, -0.1) is 0 Å². The number of sulfonamides is 1. The molecule has 1 N–H and O–H groups in total. The minimum atomic E-state index is -4.07. The van der Waals surface area contributed by atoms with E-state index in [9.17, 15) is 13.2 Å². The van der Waals surface area contributed by atoms with Crippen molar-refractivity contribution in [2.45, 2.75) is 25.3 Å². The highest BCUT2D eigenvalue weighted by Gasteiger charge is 2.27. The number of carbonyl (C=O) groups is 1. The van der Waals surface area contributed by atoms with Crippen LogP contribution in [-0.2, 0) is 21.4 Å². The lowest BCUT2D eigenvalue weighted by molar-refractivity contribution is -0.119. The van der Waals surface area contributed by atoms with Crippen molar-refractivity contribution < 1.29 is 17.9 Å². The molecule has 0 saturated carbocycles. The van der Waals surface area contributed by atoms with Crippen molar-refractivity contribution in [3.63, 3.8) is 0 Å². The minimum absolute atomic E-state index is 0.0639. The summed E-state index contributed by atoms with van der Waals surface area (Å²) >= 11 is 6.29. The molecule has 0 spiro atoms. The van der Waals surface area contributed by atoms with Crippen LogP contribution < -0.4 is 14.5 Å². The summed E-state index contributed by atoms with van der Waals surface area (Å²) in [5, 5.41) is 6.76. The van der Waals surface area contributed by atoms with E-state index in [1.165, 1.54) is 29.8 Å². The number of hydrogen-bond acceptors (Lipinski definition) is 5. The monoisotopic (exact) mass is 611 g/mol. The number of carbonyl (C=O) groups excluding carboxylic acids is 1. The number of hydrogen-bond donors (Lipinski definition) is 1. The van der Waals surface area contributed by atoms with Crippen molar-refractivity contribution >= 4 is 50.2 Å². The van der Waals surface area contributed by atoms with Gasteiger partial charge < -0.3 is 4.74 Å². The lowest BCUT2D eigenvalue weighted by Gasteiger charge is -2.24. The summed E-state index contributed by atoms with van der Waals surface area (Å²) in [6.45, 7) is 3.62. The van der Waals surface area contributed by atoms with Gasteiger partial charge in [-0.1, -0.05) is 71.8 Å². The predicted octanol–water partition coefficient (Wildman–Crippen LogP) is 7.03. The van der Waals surface area contributed by atoms with E-state index in [0.29, 0.717) is 17.4 Å². The average molecular weight is 612 g/mol. The summed E-state index contributed by atoms with van der Waals surface area (Å²) in [4.78, 5) is 12.9. The number of aryl methyl sites for hydroxylation is 2. The first-order chi connectivity index (χ1) is 20.7. The highest BCUT2D eigenvalue weighted by molar-refractivity contribution is 7.92. The molecule has 0 atom stereocenters. The zero-order valence-electron chi connectivity index (χ0n) is 23.7. The Balaban J connectivity index is 1.22. The van der Waals surface area contributed by atoms with E-state index in [4.69, 9.17) is 16.3 Å². The molecule has 0 fully saturated rings. The summed E-state index contributed by atoms with van der Waals surface area (Å²) < 4.78 is 34.1. The molecule has 0 radical (unpaired) electrons. The second-order valence-corrected chi connectivity index (χ2v) is 12.4. The molecule has 1 amide bonds. The molecule has 43 heavy (non-hydrogen) atoms. The molecular formula is C34H30ClN3O4S. The summed E-state index contributed by atoms with van der Waals surface area (Å²) in [7, 11) is -4.07. The van der Waals surface area contributed by atoms with Crippen LogP contribution in [0.15, 0.2) is 119 Å².